The highest BCUT2D eigenvalue weighted by molar-refractivity contribution is 8.00. The molecule has 2 N–H and O–H groups in total. The van der Waals surface area contributed by atoms with Gasteiger partial charge in [0.15, 0.2) is 18.1 Å². The topological polar surface area (TPSA) is 127 Å². The fraction of sp³-hybridized carbons (Fsp3) is 0.226. The summed E-state index contributed by atoms with van der Waals surface area (Å²) in [6, 6.07) is 19.3. The van der Waals surface area contributed by atoms with E-state index in [-0.39, 0.29) is 29.2 Å². The number of methoxy groups -OCH3 is 2. The molecular formula is C31H27N3O7S2. The van der Waals surface area contributed by atoms with E-state index < -0.39 is 17.1 Å². The number of H-pyrrole nitrogens is 1. The number of aromatic nitrogens is 1. The number of benzene rings is 3. The molecule has 3 heterocycles. The quantitative estimate of drug-likeness (QED) is 0.275. The number of hydrogen-bond acceptors (Lipinski definition) is 9. The van der Waals surface area contributed by atoms with E-state index in [9.17, 15) is 19.2 Å². The van der Waals surface area contributed by atoms with Crippen LogP contribution in [-0.2, 0) is 14.4 Å². The van der Waals surface area contributed by atoms with Crippen molar-refractivity contribution in [2.24, 2.45) is 5.92 Å². The minimum Gasteiger partial charge on any atom is -0.497 e. The van der Waals surface area contributed by atoms with Crippen LogP contribution >= 0.6 is 23.1 Å². The van der Waals surface area contributed by atoms with Gasteiger partial charge in [0.2, 0.25) is 11.8 Å². The Bertz CT molecular complexity index is 1770. The van der Waals surface area contributed by atoms with Crippen LogP contribution in [0.5, 0.6) is 17.2 Å². The molecule has 6 rings (SSSR count). The van der Waals surface area contributed by atoms with E-state index in [0.717, 1.165) is 16.9 Å². The van der Waals surface area contributed by atoms with Gasteiger partial charge in [0.25, 0.3) is 5.91 Å². The van der Waals surface area contributed by atoms with Gasteiger partial charge in [-0.1, -0.05) is 46.9 Å². The van der Waals surface area contributed by atoms with Crippen molar-refractivity contribution >= 4 is 52.2 Å². The molecule has 220 valence electrons. The molecule has 2 aliphatic heterocycles. The van der Waals surface area contributed by atoms with Crippen LogP contribution in [-0.4, -0.2) is 48.8 Å². The maximum atomic E-state index is 13.9. The Morgan fingerprint density at radius 1 is 0.930 bits per heavy atom. The Hall–Kier alpha value is -4.55. The molecule has 4 aromatic rings. The van der Waals surface area contributed by atoms with E-state index >= 15 is 0 Å². The van der Waals surface area contributed by atoms with Gasteiger partial charge in [0.1, 0.15) is 11.0 Å². The summed E-state index contributed by atoms with van der Waals surface area (Å²) in [5.41, 5.74) is 2.87. The number of amides is 3. The summed E-state index contributed by atoms with van der Waals surface area (Å²) in [6.45, 7) is 1.72. The van der Waals surface area contributed by atoms with Crippen LogP contribution in [0.15, 0.2) is 76.6 Å². The predicted octanol–water partition coefficient (Wildman–Crippen LogP) is 4.58. The van der Waals surface area contributed by atoms with Crippen molar-refractivity contribution in [2.75, 3.05) is 31.0 Å². The lowest BCUT2D eigenvalue weighted by Crippen LogP contribution is -2.32. The second kappa shape index (κ2) is 11.6. The molecule has 2 unspecified atom stereocenters. The number of aromatic amines is 1. The number of thiazole rings is 1. The van der Waals surface area contributed by atoms with E-state index in [4.69, 9.17) is 14.2 Å². The lowest BCUT2D eigenvalue weighted by Gasteiger charge is -2.30. The fourth-order valence-corrected chi connectivity index (χ4v) is 7.85. The van der Waals surface area contributed by atoms with Gasteiger partial charge in [-0.25, -0.2) is 4.90 Å². The van der Waals surface area contributed by atoms with Crippen LogP contribution in [0, 0.1) is 12.8 Å². The first-order valence-corrected chi connectivity index (χ1v) is 15.1. The average Bonchev–Trinajstić information content (AvgIpc) is 3.51. The first-order valence-electron chi connectivity index (χ1n) is 13.4. The summed E-state index contributed by atoms with van der Waals surface area (Å²) in [6.07, 6.45) is 0. The van der Waals surface area contributed by atoms with Crippen LogP contribution in [0.25, 0.3) is 0 Å². The van der Waals surface area contributed by atoms with Crippen molar-refractivity contribution in [3.8, 4) is 17.2 Å². The summed E-state index contributed by atoms with van der Waals surface area (Å²) in [5, 5.41) is 2.63. The Kier molecular flexibility index (Phi) is 7.72. The van der Waals surface area contributed by atoms with Crippen molar-refractivity contribution in [3.05, 3.63) is 92.4 Å². The van der Waals surface area contributed by atoms with E-state index in [1.807, 2.05) is 31.2 Å². The third kappa shape index (κ3) is 5.39. The van der Waals surface area contributed by atoms with Gasteiger partial charge in [-0.2, -0.15) is 0 Å². The first kappa shape index (κ1) is 28.6. The molecule has 43 heavy (non-hydrogen) atoms. The number of thioether (sulfide) groups is 1. The molecule has 2 aliphatic rings. The fourth-order valence-electron chi connectivity index (χ4n) is 5.34. The van der Waals surface area contributed by atoms with Gasteiger partial charge in [-0.15, -0.1) is 0 Å². The number of carbonyl (C=O) groups excluding carboxylic acids is 3. The van der Waals surface area contributed by atoms with Crippen LogP contribution < -0.4 is 29.3 Å². The molecule has 1 fully saturated rings. The number of ether oxygens (including phenoxy) is 3. The maximum absolute atomic E-state index is 13.9. The largest absolute Gasteiger partial charge is 0.497 e. The summed E-state index contributed by atoms with van der Waals surface area (Å²) in [4.78, 5) is 57.0. The lowest BCUT2D eigenvalue weighted by atomic mass is 9.83. The molecule has 1 aromatic heterocycles. The van der Waals surface area contributed by atoms with Gasteiger partial charge in [0.05, 0.1) is 30.9 Å². The number of rotatable bonds is 8. The Morgan fingerprint density at radius 2 is 1.67 bits per heavy atom. The molecule has 3 atom stereocenters. The van der Waals surface area contributed by atoms with Crippen LogP contribution in [0.3, 0.4) is 0 Å². The van der Waals surface area contributed by atoms with Gasteiger partial charge in [0, 0.05) is 16.5 Å². The molecular weight excluding hydrogens is 590 g/mol. The third-order valence-corrected chi connectivity index (χ3v) is 9.80. The minimum absolute atomic E-state index is 0.248. The van der Waals surface area contributed by atoms with Gasteiger partial charge >= 0.3 is 4.87 Å². The summed E-state index contributed by atoms with van der Waals surface area (Å²) < 4.78 is 16.6. The number of hydrogen-bond donors (Lipinski definition) is 2. The minimum atomic E-state index is -0.754. The highest BCUT2D eigenvalue weighted by Gasteiger charge is 2.56. The molecule has 1 saturated heterocycles. The highest BCUT2D eigenvalue weighted by atomic mass is 32.2. The number of carbonyl (C=O) groups is 3. The van der Waals surface area contributed by atoms with Crippen molar-refractivity contribution in [1.29, 1.82) is 0 Å². The second-order valence-electron chi connectivity index (χ2n) is 10.1. The van der Waals surface area contributed by atoms with Crippen LogP contribution in [0.4, 0.5) is 11.4 Å². The number of nitrogens with zero attached hydrogens (tertiary/aromatic N) is 1. The Labute approximate surface area is 255 Å². The standard InChI is InChI=1S/C31H27N3O7S2/c1-16-4-7-18(8-5-16)32-23(35)15-41-21-13-6-17(14-22(21)40-3)24-25-27(42-28-26(24)43-31(38)33-28)30(37)34(29(25)36)19-9-11-20(39-2)12-10-19/h4-14,24-25,27H,15H2,1-3H3,(H,32,35)(H,33,38)/t24-,25?,27?/m1/s1. The van der Waals surface area contributed by atoms with Crippen LogP contribution in [0.1, 0.15) is 21.9 Å². The smallest absolute Gasteiger partial charge is 0.305 e. The average molecular weight is 618 g/mol. The predicted molar refractivity (Wildman–Crippen MR) is 164 cm³/mol. The van der Waals surface area contributed by atoms with E-state index in [1.165, 1.54) is 23.8 Å². The Balaban J connectivity index is 1.29. The third-order valence-electron chi connectivity index (χ3n) is 7.40. The zero-order valence-electron chi connectivity index (χ0n) is 23.4. The molecule has 0 saturated carbocycles. The van der Waals surface area contributed by atoms with Crippen molar-refractivity contribution < 1.29 is 28.6 Å². The zero-order chi connectivity index (χ0) is 30.2. The molecule has 0 spiro atoms. The van der Waals surface area contributed by atoms with E-state index in [1.54, 1.807) is 49.6 Å². The molecule has 0 bridgehead atoms. The number of fused-ring (bicyclic) bond motifs is 2. The SMILES string of the molecule is COc1ccc(N2C(=O)C3Sc4[nH]c(=O)sc4[C@H](c4ccc(OCC(=O)Nc5ccc(C)cc5)c(OC)c4)C3C2=O)cc1. The molecule has 3 amide bonds. The monoisotopic (exact) mass is 617 g/mol. The lowest BCUT2D eigenvalue weighted by molar-refractivity contribution is -0.122. The van der Waals surface area contributed by atoms with Gasteiger partial charge in [-0.3, -0.25) is 19.2 Å². The number of aryl methyl sites for hydroxylation is 1. The van der Waals surface area contributed by atoms with Crippen molar-refractivity contribution in [3.63, 3.8) is 0 Å². The molecule has 12 heteroatoms. The van der Waals surface area contributed by atoms with Crippen molar-refractivity contribution in [2.45, 2.75) is 23.1 Å². The zero-order valence-corrected chi connectivity index (χ0v) is 25.0. The maximum Gasteiger partial charge on any atom is 0.305 e. The normalized spacial score (nSPS) is 19.0. The summed E-state index contributed by atoms with van der Waals surface area (Å²) in [5.74, 6) is -1.08. The summed E-state index contributed by atoms with van der Waals surface area (Å²) >= 11 is 2.23. The van der Waals surface area contributed by atoms with E-state index in [2.05, 4.69) is 10.3 Å². The number of imide groups is 1. The van der Waals surface area contributed by atoms with Gasteiger partial charge < -0.3 is 24.5 Å². The first-order chi connectivity index (χ1) is 20.8. The number of nitrogens with one attached hydrogen (secondary N) is 2. The van der Waals surface area contributed by atoms with Crippen molar-refractivity contribution in [1.82, 2.24) is 4.98 Å². The second-order valence-corrected chi connectivity index (χ2v) is 12.2. The van der Waals surface area contributed by atoms with Gasteiger partial charge in [-0.05, 0) is 61.0 Å². The Morgan fingerprint density at radius 3 is 2.37 bits per heavy atom. The number of anilines is 2. The molecule has 10 nitrogen and oxygen atoms in total. The molecule has 0 radical (unpaired) electrons. The molecule has 0 aliphatic carbocycles. The van der Waals surface area contributed by atoms with Crippen LogP contribution in [0.2, 0.25) is 0 Å². The molecule has 3 aromatic carbocycles. The van der Waals surface area contributed by atoms with E-state index in [0.29, 0.717) is 44.1 Å². The highest BCUT2D eigenvalue weighted by Crippen LogP contribution is 2.53. The summed E-state index contributed by atoms with van der Waals surface area (Å²) in [7, 11) is 3.02.